The fourth-order valence-corrected chi connectivity index (χ4v) is 1.20. The number of rotatable bonds is 2. The molecule has 17 heavy (non-hydrogen) atoms. The van der Waals surface area contributed by atoms with E-state index in [-0.39, 0.29) is 24.0 Å². The maximum Gasteiger partial charge on any atom is 0.315 e. The molecule has 0 aliphatic carbocycles. The van der Waals surface area contributed by atoms with Crippen LogP contribution in [-0.2, 0) is 6.54 Å². The Balaban J connectivity index is 0.00000256. The zero-order valence-electron chi connectivity index (χ0n) is 10.4. The van der Waals surface area contributed by atoms with Crippen molar-refractivity contribution in [2.45, 2.75) is 32.9 Å². The lowest BCUT2D eigenvalue weighted by Crippen LogP contribution is -2.46. The SMILES string of the molecule is CC(C)(C)NC(=O)NCc1ccc(N)cc1.Cl. The predicted octanol–water partition coefficient (Wildman–Crippen LogP) is 2.29. The molecule has 0 saturated carbocycles. The molecule has 0 fully saturated rings. The second-order valence-corrected chi connectivity index (χ2v) is 4.80. The third kappa shape index (κ3) is 6.68. The van der Waals surface area contributed by atoms with Gasteiger partial charge in [0.15, 0.2) is 0 Å². The first kappa shape index (κ1) is 15.6. The molecule has 0 radical (unpaired) electrons. The van der Waals surface area contributed by atoms with Crippen molar-refractivity contribution in [2.24, 2.45) is 0 Å². The topological polar surface area (TPSA) is 67.2 Å². The van der Waals surface area contributed by atoms with Gasteiger partial charge < -0.3 is 16.4 Å². The Morgan fingerprint density at radius 2 is 1.76 bits per heavy atom. The monoisotopic (exact) mass is 257 g/mol. The molecule has 4 N–H and O–H groups in total. The maximum atomic E-state index is 11.5. The first-order chi connectivity index (χ1) is 7.37. The number of hydrogen-bond acceptors (Lipinski definition) is 2. The van der Waals surface area contributed by atoms with Gasteiger partial charge in [0.25, 0.3) is 0 Å². The summed E-state index contributed by atoms with van der Waals surface area (Å²) < 4.78 is 0. The summed E-state index contributed by atoms with van der Waals surface area (Å²) in [5.74, 6) is 0. The number of anilines is 1. The molecule has 4 nitrogen and oxygen atoms in total. The van der Waals surface area contributed by atoms with Gasteiger partial charge in [-0.05, 0) is 38.5 Å². The number of nitrogens with one attached hydrogen (secondary N) is 2. The van der Waals surface area contributed by atoms with Crippen molar-refractivity contribution in [3.05, 3.63) is 29.8 Å². The molecule has 0 atom stereocenters. The summed E-state index contributed by atoms with van der Waals surface area (Å²) in [6.07, 6.45) is 0. The lowest BCUT2D eigenvalue weighted by Gasteiger charge is -2.20. The molecular formula is C12H20ClN3O. The minimum absolute atomic E-state index is 0. The van der Waals surface area contributed by atoms with Gasteiger partial charge >= 0.3 is 6.03 Å². The lowest BCUT2D eigenvalue weighted by atomic mass is 10.1. The molecule has 1 aromatic rings. The highest BCUT2D eigenvalue weighted by Crippen LogP contribution is 2.05. The number of urea groups is 1. The molecule has 2 amide bonds. The smallest absolute Gasteiger partial charge is 0.315 e. The molecule has 1 aromatic carbocycles. The Labute approximate surface area is 108 Å². The van der Waals surface area contributed by atoms with Crippen LogP contribution in [0.25, 0.3) is 0 Å². The molecule has 0 aromatic heterocycles. The number of nitrogen functional groups attached to an aromatic ring is 1. The zero-order chi connectivity index (χ0) is 12.2. The van der Waals surface area contributed by atoms with Crippen LogP contribution in [-0.4, -0.2) is 11.6 Å². The number of amides is 2. The van der Waals surface area contributed by atoms with E-state index in [1.807, 2.05) is 45.0 Å². The minimum Gasteiger partial charge on any atom is -0.399 e. The Kier molecular flexibility index (Phi) is 5.82. The standard InChI is InChI=1S/C12H19N3O.ClH/c1-12(2,3)15-11(16)14-8-9-4-6-10(13)7-5-9;/h4-7H,8,13H2,1-3H3,(H2,14,15,16);1H. The van der Waals surface area contributed by atoms with E-state index < -0.39 is 0 Å². The highest BCUT2D eigenvalue weighted by Gasteiger charge is 2.12. The third-order valence-electron chi connectivity index (χ3n) is 1.92. The predicted molar refractivity (Wildman–Crippen MR) is 73.2 cm³/mol. The fraction of sp³-hybridized carbons (Fsp3) is 0.417. The number of carbonyl (C=O) groups is 1. The van der Waals surface area contributed by atoms with Gasteiger partial charge in [-0.1, -0.05) is 12.1 Å². The molecule has 0 spiro atoms. The molecule has 0 aliphatic heterocycles. The number of carbonyl (C=O) groups excluding carboxylic acids is 1. The largest absolute Gasteiger partial charge is 0.399 e. The van der Waals surface area contributed by atoms with Crippen molar-refractivity contribution in [2.75, 3.05) is 5.73 Å². The van der Waals surface area contributed by atoms with Gasteiger partial charge in [0.05, 0.1) is 0 Å². The van der Waals surface area contributed by atoms with Gasteiger partial charge in [-0.2, -0.15) is 0 Å². The number of hydrogen-bond donors (Lipinski definition) is 3. The molecule has 0 aliphatic rings. The van der Waals surface area contributed by atoms with Gasteiger partial charge in [-0.3, -0.25) is 0 Å². The van der Waals surface area contributed by atoms with E-state index in [2.05, 4.69) is 10.6 Å². The van der Waals surface area contributed by atoms with E-state index in [4.69, 9.17) is 5.73 Å². The number of benzene rings is 1. The van der Waals surface area contributed by atoms with Crippen LogP contribution >= 0.6 is 12.4 Å². The van der Waals surface area contributed by atoms with Crippen LogP contribution in [0.1, 0.15) is 26.3 Å². The molecule has 0 unspecified atom stereocenters. The second kappa shape index (κ2) is 6.35. The molecule has 96 valence electrons. The Morgan fingerprint density at radius 3 is 2.24 bits per heavy atom. The normalized spacial score (nSPS) is 10.3. The van der Waals surface area contributed by atoms with E-state index in [1.165, 1.54) is 0 Å². The van der Waals surface area contributed by atoms with Gasteiger partial charge in [-0.15, -0.1) is 12.4 Å². The van der Waals surface area contributed by atoms with Crippen LogP contribution in [0.3, 0.4) is 0 Å². The van der Waals surface area contributed by atoms with E-state index >= 15 is 0 Å². The van der Waals surface area contributed by atoms with E-state index in [0.29, 0.717) is 6.54 Å². The van der Waals surface area contributed by atoms with Crippen molar-refractivity contribution in [3.8, 4) is 0 Å². The highest BCUT2D eigenvalue weighted by atomic mass is 35.5. The third-order valence-corrected chi connectivity index (χ3v) is 1.92. The number of halogens is 1. The summed E-state index contributed by atoms with van der Waals surface area (Å²) in [5.41, 5.74) is 7.10. The van der Waals surface area contributed by atoms with Crippen molar-refractivity contribution in [1.29, 1.82) is 0 Å². The first-order valence-electron chi connectivity index (χ1n) is 5.27. The van der Waals surface area contributed by atoms with E-state index in [9.17, 15) is 4.79 Å². The molecule has 0 heterocycles. The fourth-order valence-electron chi connectivity index (χ4n) is 1.20. The molecule has 5 heteroatoms. The highest BCUT2D eigenvalue weighted by molar-refractivity contribution is 5.85. The van der Waals surface area contributed by atoms with Crippen LogP contribution in [0, 0.1) is 0 Å². The van der Waals surface area contributed by atoms with Crippen molar-refractivity contribution in [3.63, 3.8) is 0 Å². The van der Waals surface area contributed by atoms with Gasteiger partial charge in [0, 0.05) is 17.8 Å². The Morgan fingerprint density at radius 1 is 1.24 bits per heavy atom. The van der Waals surface area contributed by atoms with E-state index in [1.54, 1.807) is 0 Å². The van der Waals surface area contributed by atoms with Gasteiger partial charge in [-0.25, -0.2) is 4.79 Å². The average molecular weight is 258 g/mol. The van der Waals surface area contributed by atoms with Gasteiger partial charge in [0.1, 0.15) is 0 Å². The van der Waals surface area contributed by atoms with Gasteiger partial charge in [0.2, 0.25) is 0 Å². The van der Waals surface area contributed by atoms with Crippen LogP contribution in [0.2, 0.25) is 0 Å². The number of nitrogens with two attached hydrogens (primary N) is 1. The summed E-state index contributed by atoms with van der Waals surface area (Å²) in [7, 11) is 0. The van der Waals surface area contributed by atoms with Crippen LogP contribution in [0.5, 0.6) is 0 Å². The van der Waals surface area contributed by atoms with Crippen LogP contribution in [0.15, 0.2) is 24.3 Å². The summed E-state index contributed by atoms with van der Waals surface area (Å²) in [6, 6.07) is 7.26. The van der Waals surface area contributed by atoms with Crippen LogP contribution < -0.4 is 16.4 Å². The van der Waals surface area contributed by atoms with Crippen molar-refractivity contribution < 1.29 is 4.79 Å². The first-order valence-corrected chi connectivity index (χ1v) is 5.27. The van der Waals surface area contributed by atoms with Crippen molar-refractivity contribution >= 4 is 24.1 Å². The average Bonchev–Trinajstić information content (AvgIpc) is 2.14. The Hall–Kier alpha value is -1.42. The van der Waals surface area contributed by atoms with Crippen molar-refractivity contribution in [1.82, 2.24) is 10.6 Å². The lowest BCUT2D eigenvalue weighted by molar-refractivity contribution is 0.231. The second-order valence-electron chi connectivity index (χ2n) is 4.80. The van der Waals surface area contributed by atoms with Crippen LogP contribution in [0.4, 0.5) is 10.5 Å². The summed E-state index contributed by atoms with van der Waals surface area (Å²) in [5, 5.41) is 5.61. The Bertz CT molecular complexity index is 357. The minimum atomic E-state index is -0.217. The maximum absolute atomic E-state index is 11.5. The molecule has 1 rings (SSSR count). The summed E-state index contributed by atoms with van der Waals surface area (Å²) in [4.78, 5) is 11.5. The molecule has 0 saturated heterocycles. The summed E-state index contributed by atoms with van der Waals surface area (Å²) >= 11 is 0. The zero-order valence-corrected chi connectivity index (χ0v) is 11.2. The summed E-state index contributed by atoms with van der Waals surface area (Å²) in [6.45, 7) is 6.32. The molecular weight excluding hydrogens is 238 g/mol. The van der Waals surface area contributed by atoms with E-state index in [0.717, 1.165) is 11.3 Å². The quantitative estimate of drug-likeness (QED) is 0.712. The molecule has 0 bridgehead atoms.